The Morgan fingerprint density at radius 2 is 1.74 bits per heavy atom. The summed E-state index contributed by atoms with van der Waals surface area (Å²) in [5, 5.41) is 0. The summed E-state index contributed by atoms with van der Waals surface area (Å²) in [6.45, 7) is 3.56. The molecule has 10 nitrogen and oxygen atoms in total. The molecule has 3 heterocycles. The Morgan fingerprint density at radius 3 is 2.39 bits per heavy atom. The minimum atomic E-state index is -3.77. The highest BCUT2D eigenvalue weighted by molar-refractivity contribution is 7.89. The number of hydrogen-bond acceptors (Lipinski definition) is 8. The fourth-order valence-corrected chi connectivity index (χ4v) is 5.38. The van der Waals surface area contributed by atoms with Crippen LogP contribution in [0, 0.1) is 0 Å². The van der Waals surface area contributed by atoms with Crippen LogP contribution < -0.4 is 20.3 Å². The first-order chi connectivity index (χ1) is 14.9. The number of piperazine rings is 1. The number of methoxy groups -OCH3 is 1. The molecule has 0 bridgehead atoms. The Kier molecular flexibility index (Phi) is 5.96. The van der Waals surface area contributed by atoms with E-state index in [4.69, 9.17) is 10.5 Å². The van der Waals surface area contributed by atoms with Crippen LogP contribution in [0.2, 0.25) is 0 Å². The summed E-state index contributed by atoms with van der Waals surface area (Å²) in [6.07, 6.45) is 4.04. The largest absolute Gasteiger partial charge is 0.496 e. The Balaban J connectivity index is 1.48. The number of sulfonamides is 1. The number of anilines is 2. The molecule has 11 heteroatoms. The number of primary amides is 1. The van der Waals surface area contributed by atoms with Crippen LogP contribution in [0.15, 0.2) is 35.4 Å². The molecule has 0 radical (unpaired) electrons. The maximum Gasteiger partial charge on any atom is 0.252 e. The molecular formula is C20H26N6O4S. The van der Waals surface area contributed by atoms with Gasteiger partial charge in [-0.05, 0) is 37.1 Å². The normalized spacial score (nSPS) is 17.7. The van der Waals surface area contributed by atoms with Gasteiger partial charge in [0.1, 0.15) is 11.6 Å². The molecule has 1 aromatic carbocycles. The van der Waals surface area contributed by atoms with Crippen molar-refractivity contribution in [3.63, 3.8) is 0 Å². The molecule has 166 valence electrons. The molecule has 2 N–H and O–H groups in total. The molecule has 4 rings (SSSR count). The van der Waals surface area contributed by atoms with Crippen molar-refractivity contribution < 1.29 is 17.9 Å². The summed E-state index contributed by atoms with van der Waals surface area (Å²) < 4.78 is 32.7. The predicted molar refractivity (Wildman–Crippen MR) is 116 cm³/mol. The lowest BCUT2D eigenvalue weighted by atomic mass is 10.2. The van der Waals surface area contributed by atoms with Crippen molar-refractivity contribution in [3.8, 4) is 5.75 Å². The number of carbonyl (C=O) groups excluding carboxylic acids is 1. The van der Waals surface area contributed by atoms with Gasteiger partial charge in [-0.25, -0.2) is 13.4 Å². The lowest BCUT2D eigenvalue weighted by Crippen LogP contribution is -2.49. The van der Waals surface area contributed by atoms with E-state index in [9.17, 15) is 13.2 Å². The number of carbonyl (C=O) groups is 1. The smallest absolute Gasteiger partial charge is 0.252 e. The minimum Gasteiger partial charge on any atom is -0.496 e. The summed E-state index contributed by atoms with van der Waals surface area (Å²) in [6, 6.07) is 6.01. The summed E-state index contributed by atoms with van der Waals surface area (Å²) >= 11 is 0. The maximum atomic E-state index is 13.1. The summed E-state index contributed by atoms with van der Waals surface area (Å²) in [4.78, 5) is 25.0. The van der Waals surface area contributed by atoms with E-state index in [2.05, 4.69) is 19.8 Å². The fraction of sp³-hybridized carbons (Fsp3) is 0.450. The van der Waals surface area contributed by atoms with Crippen LogP contribution in [0.5, 0.6) is 5.75 Å². The van der Waals surface area contributed by atoms with E-state index in [1.54, 1.807) is 6.20 Å². The average Bonchev–Trinajstić information content (AvgIpc) is 3.34. The molecule has 0 spiro atoms. The van der Waals surface area contributed by atoms with Crippen molar-refractivity contribution in [2.45, 2.75) is 17.7 Å². The summed E-state index contributed by atoms with van der Waals surface area (Å²) in [5.74, 6) is 1.03. The monoisotopic (exact) mass is 446 g/mol. The average molecular weight is 447 g/mol. The second-order valence-corrected chi connectivity index (χ2v) is 9.46. The van der Waals surface area contributed by atoms with E-state index >= 15 is 0 Å². The molecule has 2 aromatic rings. The molecule has 2 aliphatic heterocycles. The van der Waals surface area contributed by atoms with Crippen LogP contribution in [-0.2, 0) is 10.0 Å². The molecule has 2 fully saturated rings. The zero-order valence-electron chi connectivity index (χ0n) is 17.4. The number of benzene rings is 1. The quantitative estimate of drug-likeness (QED) is 0.688. The molecule has 0 aliphatic carbocycles. The highest BCUT2D eigenvalue weighted by Gasteiger charge is 2.30. The third-order valence-corrected chi connectivity index (χ3v) is 7.55. The van der Waals surface area contributed by atoms with Crippen LogP contribution in [0.4, 0.5) is 11.8 Å². The molecule has 0 saturated carbocycles. The van der Waals surface area contributed by atoms with E-state index in [0.717, 1.165) is 37.7 Å². The van der Waals surface area contributed by atoms with Crippen LogP contribution >= 0.6 is 0 Å². The highest BCUT2D eigenvalue weighted by Crippen LogP contribution is 2.26. The van der Waals surface area contributed by atoms with Crippen LogP contribution in [0.1, 0.15) is 23.2 Å². The van der Waals surface area contributed by atoms with E-state index in [0.29, 0.717) is 26.2 Å². The van der Waals surface area contributed by atoms with Gasteiger partial charge in [0.25, 0.3) is 5.91 Å². The van der Waals surface area contributed by atoms with E-state index < -0.39 is 15.9 Å². The zero-order chi connectivity index (χ0) is 22.0. The first-order valence-corrected chi connectivity index (χ1v) is 11.6. The zero-order valence-corrected chi connectivity index (χ0v) is 18.2. The van der Waals surface area contributed by atoms with Crippen LogP contribution in [0.3, 0.4) is 0 Å². The molecule has 0 atom stereocenters. The molecule has 2 aliphatic rings. The van der Waals surface area contributed by atoms with E-state index in [1.165, 1.54) is 29.6 Å². The van der Waals surface area contributed by atoms with Crippen molar-refractivity contribution in [2.75, 3.05) is 56.2 Å². The van der Waals surface area contributed by atoms with Gasteiger partial charge in [-0.3, -0.25) is 4.79 Å². The number of aromatic nitrogens is 2. The number of rotatable bonds is 6. The Bertz CT molecular complexity index is 1060. The van der Waals surface area contributed by atoms with Gasteiger partial charge in [-0.2, -0.15) is 9.29 Å². The first-order valence-electron chi connectivity index (χ1n) is 10.2. The molecule has 1 aromatic heterocycles. The van der Waals surface area contributed by atoms with Crippen molar-refractivity contribution in [1.29, 1.82) is 0 Å². The van der Waals surface area contributed by atoms with Gasteiger partial charge in [0.2, 0.25) is 16.0 Å². The Morgan fingerprint density at radius 1 is 1.03 bits per heavy atom. The predicted octanol–water partition coefficient (Wildman–Crippen LogP) is 0.695. The van der Waals surface area contributed by atoms with Crippen LogP contribution in [0.25, 0.3) is 0 Å². The van der Waals surface area contributed by atoms with Gasteiger partial charge in [-0.1, -0.05) is 0 Å². The highest BCUT2D eigenvalue weighted by atomic mass is 32.2. The van der Waals surface area contributed by atoms with Crippen molar-refractivity contribution >= 4 is 27.7 Å². The second kappa shape index (κ2) is 8.67. The number of nitrogens with two attached hydrogens (primary N) is 1. The van der Waals surface area contributed by atoms with Gasteiger partial charge < -0.3 is 20.3 Å². The first kappa shape index (κ1) is 21.3. The lowest BCUT2D eigenvalue weighted by molar-refractivity contribution is 0.0997. The molecule has 2 saturated heterocycles. The van der Waals surface area contributed by atoms with Gasteiger partial charge in [0.15, 0.2) is 0 Å². The van der Waals surface area contributed by atoms with E-state index in [-0.39, 0.29) is 16.2 Å². The van der Waals surface area contributed by atoms with Gasteiger partial charge in [0.05, 0.1) is 17.6 Å². The van der Waals surface area contributed by atoms with E-state index in [1.807, 2.05) is 6.07 Å². The SMILES string of the molecule is COc1ccc(S(=O)(=O)N2CCN(c3ccnc(N4CCCC4)n3)CC2)cc1C(N)=O. The number of amides is 1. The maximum absolute atomic E-state index is 13.1. The van der Waals surface area contributed by atoms with Gasteiger partial charge in [0, 0.05) is 45.5 Å². The molecular weight excluding hydrogens is 420 g/mol. The number of ether oxygens (including phenoxy) is 1. The van der Waals surface area contributed by atoms with Gasteiger partial charge in [-0.15, -0.1) is 0 Å². The molecule has 31 heavy (non-hydrogen) atoms. The van der Waals surface area contributed by atoms with Crippen molar-refractivity contribution in [3.05, 3.63) is 36.0 Å². The summed E-state index contributed by atoms with van der Waals surface area (Å²) in [5.41, 5.74) is 5.41. The van der Waals surface area contributed by atoms with Crippen LogP contribution in [-0.4, -0.2) is 75.0 Å². The minimum absolute atomic E-state index is 0.0221. The molecule has 0 unspecified atom stereocenters. The van der Waals surface area contributed by atoms with Crippen molar-refractivity contribution in [1.82, 2.24) is 14.3 Å². The summed E-state index contributed by atoms with van der Waals surface area (Å²) in [7, 11) is -2.37. The number of hydrogen-bond donors (Lipinski definition) is 1. The standard InChI is InChI=1S/C20H26N6O4S/c1-30-17-5-4-15(14-16(17)19(21)27)31(28,29)26-12-10-24(11-13-26)18-6-7-22-20(23-18)25-8-2-3-9-25/h4-7,14H,2-3,8-13H2,1H3,(H2,21,27). The van der Waals surface area contributed by atoms with Gasteiger partial charge >= 0.3 is 0 Å². The molecule has 1 amide bonds. The fourth-order valence-electron chi connectivity index (χ4n) is 3.93. The van der Waals surface area contributed by atoms with Crippen molar-refractivity contribution in [2.24, 2.45) is 5.73 Å². The second-order valence-electron chi connectivity index (χ2n) is 7.53. The number of nitrogens with zero attached hydrogens (tertiary/aromatic N) is 5. The lowest BCUT2D eigenvalue weighted by Gasteiger charge is -2.35. The third-order valence-electron chi connectivity index (χ3n) is 5.65. The Labute approximate surface area is 181 Å². The topological polar surface area (TPSA) is 122 Å². The third kappa shape index (κ3) is 4.28. The Hall–Kier alpha value is -2.92.